The lowest BCUT2D eigenvalue weighted by molar-refractivity contribution is -0.122. The van der Waals surface area contributed by atoms with Crippen LogP contribution < -0.4 is 25.2 Å². The predicted octanol–water partition coefficient (Wildman–Crippen LogP) is 5.32. The zero-order valence-electron chi connectivity index (χ0n) is 24.7. The first-order chi connectivity index (χ1) is 21.4. The first-order valence-corrected chi connectivity index (χ1v) is 15.2. The van der Waals surface area contributed by atoms with Crippen LogP contribution in [0.3, 0.4) is 0 Å². The Morgan fingerprint density at radius 2 is 1.89 bits per heavy atom. The van der Waals surface area contributed by atoms with Crippen LogP contribution in [-0.4, -0.2) is 47.2 Å². The quantitative estimate of drug-likeness (QED) is 0.240. The van der Waals surface area contributed by atoms with Crippen LogP contribution in [0.5, 0.6) is 11.5 Å². The number of methoxy groups -OCH3 is 2. The molecule has 3 aromatic carbocycles. The fourth-order valence-corrected chi connectivity index (χ4v) is 6.52. The second kappa shape index (κ2) is 12.5. The molecule has 1 aliphatic heterocycles. The number of aromatic nitrogens is 3. The number of carbonyl (C=O) groups is 1. The van der Waals surface area contributed by atoms with Crippen molar-refractivity contribution in [3.63, 3.8) is 0 Å². The molecule has 0 saturated carbocycles. The maximum atomic E-state index is 15.5. The molecular formula is C33H32FN5O4S. The number of rotatable bonds is 9. The van der Waals surface area contributed by atoms with E-state index in [4.69, 9.17) is 19.4 Å². The minimum atomic E-state index is -0.450. The molecule has 1 amide bonds. The number of ether oxygens (including phenoxy) is 2. The summed E-state index contributed by atoms with van der Waals surface area (Å²) >= 11 is 1.24. The van der Waals surface area contributed by atoms with Crippen molar-refractivity contribution in [3.8, 4) is 22.9 Å². The van der Waals surface area contributed by atoms with E-state index in [1.165, 1.54) is 15.9 Å². The molecule has 1 N–H and O–H groups in total. The Morgan fingerprint density at radius 3 is 2.66 bits per heavy atom. The zero-order valence-corrected chi connectivity index (χ0v) is 25.5. The number of aryl methyl sites for hydroxylation is 1. The molecule has 9 nitrogen and oxygen atoms in total. The summed E-state index contributed by atoms with van der Waals surface area (Å²) in [5.74, 6) is 0.773. The third kappa shape index (κ3) is 5.62. The lowest BCUT2D eigenvalue weighted by Crippen LogP contribution is -2.43. The number of carbonyl (C=O) groups excluding carboxylic acids is 1. The number of hydrogen-bond acceptors (Lipinski definition) is 8. The molecular weight excluding hydrogens is 581 g/mol. The highest BCUT2D eigenvalue weighted by atomic mass is 32.1. The second-order valence-corrected chi connectivity index (χ2v) is 11.6. The molecule has 1 saturated heterocycles. The lowest BCUT2D eigenvalue weighted by Gasteiger charge is -2.23. The topological polar surface area (TPSA) is 98.6 Å². The molecule has 11 heteroatoms. The molecule has 1 atom stereocenters. The fourth-order valence-electron chi connectivity index (χ4n) is 5.52. The fraction of sp³-hybridized carbons (Fsp3) is 0.273. The van der Waals surface area contributed by atoms with Crippen molar-refractivity contribution in [3.05, 3.63) is 99.6 Å². The third-order valence-electron chi connectivity index (χ3n) is 7.87. The van der Waals surface area contributed by atoms with Crippen molar-refractivity contribution in [2.45, 2.75) is 38.9 Å². The molecule has 1 aliphatic rings. The van der Waals surface area contributed by atoms with Gasteiger partial charge in [-0.2, -0.15) is 0 Å². The van der Waals surface area contributed by atoms with E-state index in [2.05, 4.69) is 5.32 Å². The van der Waals surface area contributed by atoms with E-state index < -0.39 is 17.4 Å². The van der Waals surface area contributed by atoms with Crippen LogP contribution in [0.25, 0.3) is 21.7 Å². The molecule has 226 valence electrons. The van der Waals surface area contributed by atoms with Gasteiger partial charge in [0.05, 0.1) is 26.3 Å². The lowest BCUT2D eigenvalue weighted by atomic mass is 10.1. The Kier molecular flexibility index (Phi) is 8.30. The first kappa shape index (κ1) is 29.3. The van der Waals surface area contributed by atoms with Crippen molar-refractivity contribution in [2.75, 3.05) is 25.7 Å². The van der Waals surface area contributed by atoms with Crippen molar-refractivity contribution in [1.82, 2.24) is 19.9 Å². The van der Waals surface area contributed by atoms with Crippen LogP contribution >= 0.6 is 11.3 Å². The summed E-state index contributed by atoms with van der Waals surface area (Å²) in [6, 6.07) is 19.7. The van der Waals surface area contributed by atoms with E-state index >= 15 is 4.39 Å². The standard InChI is InChI=1S/C33H32FN5O4S/c1-20-9-7-12-24(27(20)34)29-37-31-28(32(41)39(29)19-22-14-15-23(42-2)17-26(22)43-3)36-33(44-31)38-16-8-13-25(38)30(40)35-18-21-10-5-4-6-11-21/h4-7,9-12,14-15,17,25H,8,13,16,18-19H2,1-3H3,(H,35,40)/t25-/m1/s1. The molecule has 2 aromatic heterocycles. The minimum Gasteiger partial charge on any atom is -0.497 e. The highest BCUT2D eigenvalue weighted by Gasteiger charge is 2.33. The number of anilines is 1. The summed E-state index contributed by atoms with van der Waals surface area (Å²) in [6.07, 6.45) is 1.49. The maximum Gasteiger partial charge on any atom is 0.281 e. The number of amides is 1. The summed E-state index contributed by atoms with van der Waals surface area (Å²) in [7, 11) is 3.10. The van der Waals surface area contributed by atoms with Gasteiger partial charge in [-0.1, -0.05) is 53.8 Å². The normalized spacial score (nSPS) is 14.6. The van der Waals surface area contributed by atoms with Gasteiger partial charge in [-0.3, -0.25) is 14.2 Å². The van der Waals surface area contributed by atoms with Crippen LogP contribution in [0.2, 0.25) is 0 Å². The Hall–Kier alpha value is -4.77. The molecule has 0 unspecified atom stereocenters. The molecule has 0 spiro atoms. The molecule has 44 heavy (non-hydrogen) atoms. The van der Waals surface area contributed by atoms with Gasteiger partial charge in [0.2, 0.25) is 5.91 Å². The van der Waals surface area contributed by atoms with E-state index in [-0.39, 0.29) is 29.4 Å². The molecule has 6 rings (SSSR count). The van der Waals surface area contributed by atoms with Crippen molar-refractivity contribution < 1.29 is 18.7 Å². The minimum absolute atomic E-state index is 0.0682. The summed E-state index contributed by atoms with van der Waals surface area (Å²) < 4.78 is 27.8. The molecule has 0 radical (unpaired) electrons. The van der Waals surface area contributed by atoms with E-state index in [0.717, 1.165) is 12.0 Å². The summed E-state index contributed by atoms with van der Waals surface area (Å²) in [4.78, 5) is 39.2. The Bertz CT molecular complexity index is 1890. The molecule has 3 heterocycles. The van der Waals surface area contributed by atoms with Crippen molar-refractivity contribution in [1.29, 1.82) is 0 Å². The van der Waals surface area contributed by atoms with E-state index in [1.54, 1.807) is 57.5 Å². The van der Waals surface area contributed by atoms with Gasteiger partial charge in [0.25, 0.3) is 5.56 Å². The van der Waals surface area contributed by atoms with Gasteiger partial charge < -0.3 is 19.7 Å². The van der Waals surface area contributed by atoms with Crippen LogP contribution in [0.1, 0.15) is 29.5 Å². The van der Waals surface area contributed by atoms with E-state index in [1.807, 2.05) is 35.2 Å². The highest BCUT2D eigenvalue weighted by Crippen LogP contribution is 2.34. The number of thiazole rings is 1. The first-order valence-electron chi connectivity index (χ1n) is 14.3. The molecule has 0 aliphatic carbocycles. The van der Waals surface area contributed by atoms with Gasteiger partial charge >= 0.3 is 0 Å². The average Bonchev–Trinajstić information content (AvgIpc) is 3.71. The monoisotopic (exact) mass is 613 g/mol. The molecule has 5 aromatic rings. The summed E-state index contributed by atoms with van der Waals surface area (Å²) in [5, 5.41) is 3.57. The smallest absolute Gasteiger partial charge is 0.281 e. The number of hydrogen-bond donors (Lipinski definition) is 1. The van der Waals surface area contributed by atoms with Gasteiger partial charge in [-0.25, -0.2) is 14.4 Å². The predicted molar refractivity (Wildman–Crippen MR) is 169 cm³/mol. The van der Waals surface area contributed by atoms with Crippen LogP contribution in [0, 0.1) is 12.7 Å². The van der Waals surface area contributed by atoms with Crippen LogP contribution in [0.4, 0.5) is 9.52 Å². The van der Waals surface area contributed by atoms with Crippen LogP contribution in [0.15, 0.2) is 71.5 Å². The largest absolute Gasteiger partial charge is 0.497 e. The molecule has 0 bridgehead atoms. The van der Waals surface area contributed by atoms with Gasteiger partial charge in [0.15, 0.2) is 15.5 Å². The van der Waals surface area contributed by atoms with Gasteiger partial charge in [0, 0.05) is 24.7 Å². The SMILES string of the molecule is COc1ccc(Cn2c(-c3cccc(C)c3F)nc3sc(N4CCC[C@@H]4C(=O)NCc4ccccc4)nc3c2=O)c(OC)c1. The second-order valence-electron chi connectivity index (χ2n) is 10.6. The van der Waals surface area contributed by atoms with E-state index in [0.29, 0.717) is 52.1 Å². The number of nitrogens with one attached hydrogen (secondary N) is 1. The molecule has 1 fully saturated rings. The third-order valence-corrected chi connectivity index (χ3v) is 8.86. The van der Waals surface area contributed by atoms with Gasteiger partial charge in [-0.05, 0) is 49.1 Å². The van der Waals surface area contributed by atoms with Crippen molar-refractivity contribution in [2.24, 2.45) is 0 Å². The maximum absolute atomic E-state index is 15.5. The Labute approximate surface area is 257 Å². The Balaban J connectivity index is 1.40. The number of halogens is 1. The zero-order chi connectivity index (χ0) is 30.8. The summed E-state index contributed by atoms with van der Waals surface area (Å²) in [6.45, 7) is 2.79. The average molecular weight is 614 g/mol. The number of benzene rings is 3. The Morgan fingerprint density at radius 1 is 1.07 bits per heavy atom. The van der Waals surface area contributed by atoms with Crippen LogP contribution in [-0.2, 0) is 17.9 Å². The van der Waals surface area contributed by atoms with Gasteiger partial charge in [0.1, 0.15) is 29.2 Å². The number of nitrogens with zero attached hydrogens (tertiary/aromatic N) is 4. The summed E-state index contributed by atoms with van der Waals surface area (Å²) in [5.41, 5.74) is 2.12. The highest BCUT2D eigenvalue weighted by molar-refractivity contribution is 7.21. The van der Waals surface area contributed by atoms with Crippen molar-refractivity contribution >= 4 is 32.7 Å². The number of fused-ring (bicyclic) bond motifs is 1. The van der Waals surface area contributed by atoms with Gasteiger partial charge in [-0.15, -0.1) is 0 Å². The van der Waals surface area contributed by atoms with E-state index in [9.17, 15) is 9.59 Å².